The van der Waals surface area contributed by atoms with Crippen LogP contribution in [0, 0.1) is 5.82 Å². The number of hydrogen-bond donors (Lipinski definition) is 4. The van der Waals surface area contributed by atoms with E-state index in [9.17, 15) is 28.4 Å². The summed E-state index contributed by atoms with van der Waals surface area (Å²) in [5.41, 5.74) is 4.11. The van der Waals surface area contributed by atoms with Crippen LogP contribution in [0.1, 0.15) is 58.0 Å². The van der Waals surface area contributed by atoms with Crippen molar-refractivity contribution >= 4 is 52.9 Å². The van der Waals surface area contributed by atoms with E-state index in [-0.39, 0.29) is 47.6 Å². The van der Waals surface area contributed by atoms with Gasteiger partial charge in [-0.25, -0.2) is 18.9 Å². The summed E-state index contributed by atoms with van der Waals surface area (Å²) in [6, 6.07) is 20.6. The number of piperidine rings is 1. The van der Waals surface area contributed by atoms with Crippen molar-refractivity contribution in [3.8, 4) is 11.4 Å². The van der Waals surface area contributed by atoms with Crippen molar-refractivity contribution in [3.05, 3.63) is 102 Å². The van der Waals surface area contributed by atoms with E-state index in [0.717, 1.165) is 79.8 Å². The van der Waals surface area contributed by atoms with Crippen LogP contribution in [-0.4, -0.2) is 179 Å². The van der Waals surface area contributed by atoms with Gasteiger partial charge in [0.05, 0.1) is 96.1 Å². The number of rotatable bonds is 28. The highest BCUT2D eigenvalue weighted by Gasteiger charge is 2.30. The van der Waals surface area contributed by atoms with Crippen LogP contribution >= 0.6 is 0 Å². The monoisotopic (exact) mass is 1020 g/mol. The Morgan fingerprint density at radius 3 is 2.20 bits per heavy atom. The third-order valence-corrected chi connectivity index (χ3v) is 12.8. The van der Waals surface area contributed by atoms with E-state index in [1.807, 2.05) is 40.9 Å². The molecule has 3 aromatic heterocycles. The number of carbonyl (C=O) groups is 5. The van der Waals surface area contributed by atoms with Crippen molar-refractivity contribution in [1.29, 1.82) is 0 Å². The SMILES string of the molecule is O=Cc1ccc(NCCOCCOCCOCCOCCOCCNC(=O)CN2CCN(c3cccc(-c4cnc5ccc(N6CCC[C@@H]6c6cccc(F)c6)nn45)n3)CC2)cc1C(=O)NC1CCC(=O)NC1=O. The molecule has 21 nitrogen and oxygen atoms in total. The number of ether oxygens (including phenoxy) is 5. The van der Waals surface area contributed by atoms with Gasteiger partial charge in [0.25, 0.3) is 5.91 Å². The van der Waals surface area contributed by atoms with E-state index in [2.05, 4.69) is 41.0 Å². The molecule has 4 amide bonds. The van der Waals surface area contributed by atoms with Gasteiger partial charge in [-0.05, 0) is 79.4 Å². The summed E-state index contributed by atoms with van der Waals surface area (Å²) in [5.74, 6) is -0.161. The Bertz CT molecular complexity index is 2680. The first-order chi connectivity index (χ1) is 36.2. The molecule has 8 rings (SSSR count). The third kappa shape index (κ3) is 15.1. The maximum Gasteiger partial charge on any atom is 0.252 e. The zero-order chi connectivity index (χ0) is 51.5. The fourth-order valence-corrected chi connectivity index (χ4v) is 8.97. The minimum Gasteiger partial charge on any atom is -0.383 e. The largest absolute Gasteiger partial charge is 0.383 e. The number of nitrogens with zero attached hydrogens (tertiary/aromatic N) is 7. The summed E-state index contributed by atoms with van der Waals surface area (Å²) in [7, 11) is 0. The number of nitrogens with one attached hydrogen (secondary N) is 4. The molecule has 2 atom stereocenters. The number of imide groups is 1. The highest BCUT2D eigenvalue weighted by Crippen LogP contribution is 2.36. The van der Waals surface area contributed by atoms with Gasteiger partial charge in [0, 0.05) is 63.5 Å². The molecule has 3 aliphatic heterocycles. The molecule has 0 aliphatic carbocycles. The van der Waals surface area contributed by atoms with Crippen molar-refractivity contribution in [2.75, 3.05) is 134 Å². The Morgan fingerprint density at radius 2 is 1.49 bits per heavy atom. The molecular formula is C52H64FN11O10. The number of imidazole rings is 1. The summed E-state index contributed by atoms with van der Waals surface area (Å²) in [6.45, 7) is 8.82. The van der Waals surface area contributed by atoms with Crippen LogP contribution < -0.4 is 31.1 Å². The average Bonchev–Trinajstić information content (AvgIpc) is 4.09. The van der Waals surface area contributed by atoms with Gasteiger partial charge in [0.2, 0.25) is 17.7 Å². The van der Waals surface area contributed by atoms with Crippen LogP contribution in [0.5, 0.6) is 0 Å². The summed E-state index contributed by atoms with van der Waals surface area (Å²) in [5, 5.41) is 15.9. The molecule has 0 spiro atoms. The van der Waals surface area contributed by atoms with Gasteiger partial charge in [0.1, 0.15) is 29.2 Å². The smallest absolute Gasteiger partial charge is 0.252 e. The molecule has 2 aromatic carbocycles. The van der Waals surface area contributed by atoms with Gasteiger partial charge in [-0.1, -0.05) is 18.2 Å². The molecule has 3 aliphatic rings. The van der Waals surface area contributed by atoms with Crippen LogP contribution in [0.3, 0.4) is 0 Å². The first-order valence-corrected chi connectivity index (χ1v) is 25.2. The maximum atomic E-state index is 14.1. The lowest BCUT2D eigenvalue weighted by molar-refractivity contribution is -0.134. The fourth-order valence-electron chi connectivity index (χ4n) is 8.97. The van der Waals surface area contributed by atoms with Crippen LogP contribution in [0.25, 0.3) is 17.0 Å². The molecule has 5 aromatic rings. The molecule has 394 valence electrons. The Labute approximate surface area is 428 Å². The molecule has 3 saturated heterocycles. The van der Waals surface area contributed by atoms with Crippen molar-refractivity contribution in [3.63, 3.8) is 0 Å². The van der Waals surface area contributed by atoms with Gasteiger partial charge in [-0.15, -0.1) is 5.10 Å². The number of carbonyl (C=O) groups excluding carboxylic acids is 5. The molecule has 0 bridgehead atoms. The van der Waals surface area contributed by atoms with Crippen LogP contribution in [0.2, 0.25) is 0 Å². The van der Waals surface area contributed by atoms with Crippen molar-refractivity contribution in [2.24, 2.45) is 0 Å². The molecular weight excluding hydrogens is 958 g/mol. The predicted octanol–water partition coefficient (Wildman–Crippen LogP) is 3.05. The number of anilines is 3. The van der Waals surface area contributed by atoms with Gasteiger partial charge in [0.15, 0.2) is 11.9 Å². The lowest BCUT2D eigenvalue weighted by Gasteiger charge is -2.35. The lowest BCUT2D eigenvalue weighted by Crippen LogP contribution is -2.52. The summed E-state index contributed by atoms with van der Waals surface area (Å²) in [4.78, 5) is 76.8. The number of piperazine rings is 1. The zero-order valence-corrected chi connectivity index (χ0v) is 41.4. The maximum absolute atomic E-state index is 14.1. The van der Waals surface area contributed by atoms with Crippen molar-refractivity contribution in [1.82, 2.24) is 40.4 Å². The van der Waals surface area contributed by atoms with E-state index >= 15 is 0 Å². The first kappa shape index (κ1) is 53.3. The number of benzene rings is 2. The number of aldehydes is 1. The second-order valence-electron chi connectivity index (χ2n) is 17.9. The Balaban J connectivity index is 0.614. The first-order valence-electron chi connectivity index (χ1n) is 25.2. The number of amides is 4. The summed E-state index contributed by atoms with van der Waals surface area (Å²) < 4.78 is 43.8. The predicted molar refractivity (Wildman–Crippen MR) is 272 cm³/mol. The van der Waals surface area contributed by atoms with Gasteiger partial charge in [-0.3, -0.25) is 34.2 Å². The molecule has 74 heavy (non-hydrogen) atoms. The normalized spacial score (nSPS) is 17.1. The van der Waals surface area contributed by atoms with E-state index in [1.165, 1.54) is 18.2 Å². The summed E-state index contributed by atoms with van der Waals surface area (Å²) >= 11 is 0. The molecule has 0 radical (unpaired) electrons. The quantitative estimate of drug-likeness (QED) is 0.0320. The van der Waals surface area contributed by atoms with Gasteiger partial charge < -0.3 is 49.4 Å². The lowest BCUT2D eigenvalue weighted by atomic mass is 10.0. The van der Waals surface area contributed by atoms with E-state index in [4.69, 9.17) is 33.8 Å². The molecule has 3 fully saturated rings. The van der Waals surface area contributed by atoms with E-state index in [1.54, 1.807) is 24.4 Å². The summed E-state index contributed by atoms with van der Waals surface area (Å²) in [6.07, 6.45) is 4.61. The highest BCUT2D eigenvalue weighted by atomic mass is 19.1. The minimum atomic E-state index is -0.852. The number of aromatic nitrogens is 4. The van der Waals surface area contributed by atoms with E-state index in [0.29, 0.717) is 97.7 Å². The molecule has 1 unspecified atom stereocenters. The second kappa shape index (κ2) is 27.4. The van der Waals surface area contributed by atoms with Crippen LogP contribution in [0.4, 0.5) is 21.7 Å². The highest BCUT2D eigenvalue weighted by molar-refractivity contribution is 6.06. The Hall–Kier alpha value is -6.95. The Kier molecular flexibility index (Phi) is 19.7. The molecule has 22 heteroatoms. The number of fused-ring (bicyclic) bond motifs is 1. The fraction of sp³-hybridized carbons (Fsp3) is 0.462. The van der Waals surface area contributed by atoms with Crippen LogP contribution in [-0.2, 0) is 38.1 Å². The average molecular weight is 1020 g/mol. The molecule has 4 N–H and O–H groups in total. The topological polar surface area (TPSA) is 232 Å². The zero-order valence-electron chi connectivity index (χ0n) is 41.4. The van der Waals surface area contributed by atoms with E-state index < -0.39 is 17.9 Å². The number of hydrogen-bond acceptors (Lipinski definition) is 17. The minimum absolute atomic E-state index is 0.0494. The standard InChI is InChI=1S/C52H64FN11O10/c53-39-5-1-4-37(32-39)44-7-3-17-63(44)48-13-12-46-56-34-45(64(46)60-48)42-6-2-8-47(57-42)62-20-18-61(19-21-62)35-50(67)55-16-23-71-25-27-73-29-31-74-30-28-72-26-24-70-22-15-54-40-10-9-38(36-65)41(33-40)51(68)58-43-11-14-49(66)59-52(43)69/h1-2,4-6,8-10,12-13,32-34,36,43-44,54H,3,7,11,14-31,35H2,(H,55,67)(H,58,68)(H,59,66,69)/t43?,44-/m1/s1. The van der Waals surface area contributed by atoms with Gasteiger partial charge >= 0.3 is 0 Å². The third-order valence-electron chi connectivity index (χ3n) is 12.8. The van der Waals surface area contributed by atoms with Gasteiger partial charge in [-0.2, -0.15) is 0 Å². The number of halogens is 1. The van der Waals surface area contributed by atoms with Crippen molar-refractivity contribution < 1.29 is 52.0 Å². The van der Waals surface area contributed by atoms with Crippen molar-refractivity contribution in [2.45, 2.75) is 37.8 Å². The Morgan fingerprint density at radius 1 is 0.770 bits per heavy atom. The molecule has 6 heterocycles. The second-order valence-corrected chi connectivity index (χ2v) is 17.9. The number of pyridine rings is 1. The molecule has 0 saturated carbocycles. The van der Waals surface area contributed by atoms with Crippen LogP contribution in [0.15, 0.2) is 79.0 Å².